The van der Waals surface area contributed by atoms with E-state index in [-0.39, 0.29) is 25.0 Å². The number of imide groups is 1. The van der Waals surface area contributed by atoms with Crippen molar-refractivity contribution in [3.63, 3.8) is 0 Å². The van der Waals surface area contributed by atoms with Crippen molar-refractivity contribution in [3.8, 4) is 5.75 Å². The van der Waals surface area contributed by atoms with Crippen LogP contribution < -0.4 is 9.64 Å². The monoisotopic (exact) mass is 300 g/mol. The zero-order valence-electron chi connectivity index (χ0n) is 12.2. The van der Waals surface area contributed by atoms with Gasteiger partial charge in [-0.2, -0.15) is 0 Å². The number of ether oxygens (including phenoxy) is 1. The van der Waals surface area contributed by atoms with E-state index in [1.54, 1.807) is 42.7 Å². The van der Waals surface area contributed by atoms with E-state index in [0.717, 1.165) is 0 Å². The van der Waals surface area contributed by atoms with Gasteiger partial charge in [0, 0.05) is 0 Å². The van der Waals surface area contributed by atoms with Gasteiger partial charge in [-0.1, -0.05) is 0 Å². The average Bonchev–Trinajstić information content (AvgIpc) is 3.10. The molecule has 3 amide bonds. The molecule has 0 saturated carbocycles. The van der Waals surface area contributed by atoms with Gasteiger partial charge in [-0.15, -0.1) is 0 Å². The van der Waals surface area contributed by atoms with Gasteiger partial charge in [0.1, 0.15) is 18.1 Å². The summed E-state index contributed by atoms with van der Waals surface area (Å²) in [4.78, 5) is 27.2. The molecule has 1 saturated heterocycles. The van der Waals surface area contributed by atoms with Gasteiger partial charge in [0.25, 0.3) is 5.91 Å². The van der Waals surface area contributed by atoms with E-state index in [1.165, 1.54) is 9.80 Å². The molecule has 0 spiro atoms. The van der Waals surface area contributed by atoms with E-state index in [1.807, 2.05) is 6.92 Å². The predicted molar refractivity (Wildman–Crippen MR) is 79.6 cm³/mol. The summed E-state index contributed by atoms with van der Waals surface area (Å²) in [6.07, 6.45) is 1.54. The van der Waals surface area contributed by atoms with E-state index in [4.69, 9.17) is 9.15 Å². The number of amides is 3. The smallest absolute Gasteiger partial charge is 0.332 e. The first-order valence-electron chi connectivity index (χ1n) is 7.06. The number of furan rings is 1. The Morgan fingerprint density at radius 2 is 1.95 bits per heavy atom. The SMILES string of the molecule is CCOc1ccc(N2C(=O)CN(Cc3ccco3)C2=O)cc1. The Balaban J connectivity index is 1.76. The molecule has 0 atom stereocenters. The van der Waals surface area contributed by atoms with Crippen LogP contribution in [-0.4, -0.2) is 30.0 Å². The molecule has 1 fully saturated rings. The Morgan fingerprint density at radius 3 is 2.59 bits per heavy atom. The summed E-state index contributed by atoms with van der Waals surface area (Å²) in [6, 6.07) is 10.1. The first-order chi connectivity index (χ1) is 10.7. The second-order valence-corrected chi connectivity index (χ2v) is 4.87. The molecular weight excluding hydrogens is 284 g/mol. The first kappa shape index (κ1) is 14.2. The summed E-state index contributed by atoms with van der Waals surface area (Å²) in [5.74, 6) is 1.10. The number of urea groups is 1. The molecule has 114 valence electrons. The summed E-state index contributed by atoms with van der Waals surface area (Å²) in [6.45, 7) is 2.80. The minimum atomic E-state index is -0.342. The van der Waals surface area contributed by atoms with Gasteiger partial charge < -0.3 is 14.1 Å². The fourth-order valence-corrected chi connectivity index (χ4v) is 2.38. The van der Waals surface area contributed by atoms with Crippen LogP contribution in [0.4, 0.5) is 10.5 Å². The van der Waals surface area contributed by atoms with Gasteiger partial charge in [0.05, 0.1) is 25.1 Å². The molecule has 0 aliphatic carbocycles. The van der Waals surface area contributed by atoms with E-state index in [9.17, 15) is 9.59 Å². The average molecular weight is 300 g/mol. The molecule has 0 radical (unpaired) electrons. The number of hydrogen-bond donors (Lipinski definition) is 0. The van der Waals surface area contributed by atoms with Crippen molar-refractivity contribution >= 4 is 17.6 Å². The largest absolute Gasteiger partial charge is 0.494 e. The highest BCUT2D eigenvalue weighted by Crippen LogP contribution is 2.25. The van der Waals surface area contributed by atoms with Gasteiger partial charge in [-0.05, 0) is 43.3 Å². The highest BCUT2D eigenvalue weighted by atomic mass is 16.5. The van der Waals surface area contributed by atoms with Crippen molar-refractivity contribution in [2.75, 3.05) is 18.1 Å². The zero-order valence-corrected chi connectivity index (χ0v) is 12.2. The highest BCUT2D eigenvalue weighted by molar-refractivity contribution is 6.19. The number of carbonyl (C=O) groups is 2. The molecule has 1 aliphatic heterocycles. The number of hydrogen-bond acceptors (Lipinski definition) is 4. The van der Waals surface area contributed by atoms with Crippen molar-refractivity contribution in [1.82, 2.24) is 4.90 Å². The van der Waals surface area contributed by atoms with Gasteiger partial charge in [0.15, 0.2) is 0 Å². The Bertz CT molecular complexity index is 664. The quantitative estimate of drug-likeness (QED) is 0.796. The second-order valence-electron chi connectivity index (χ2n) is 4.87. The molecule has 0 unspecified atom stereocenters. The minimum absolute atomic E-state index is 0.0484. The van der Waals surface area contributed by atoms with E-state index in [0.29, 0.717) is 23.8 Å². The summed E-state index contributed by atoms with van der Waals surface area (Å²) >= 11 is 0. The third kappa shape index (κ3) is 2.67. The number of nitrogens with zero attached hydrogens (tertiary/aromatic N) is 2. The van der Waals surface area contributed by atoms with Crippen LogP contribution in [0.1, 0.15) is 12.7 Å². The number of carbonyl (C=O) groups excluding carboxylic acids is 2. The Morgan fingerprint density at radius 1 is 1.18 bits per heavy atom. The van der Waals surface area contributed by atoms with Crippen LogP contribution in [0.15, 0.2) is 47.1 Å². The summed E-state index contributed by atoms with van der Waals surface area (Å²) in [7, 11) is 0. The number of anilines is 1. The van der Waals surface area contributed by atoms with Crippen LogP contribution in [-0.2, 0) is 11.3 Å². The molecule has 1 aromatic carbocycles. The molecule has 1 aromatic heterocycles. The van der Waals surface area contributed by atoms with Crippen molar-refractivity contribution in [2.45, 2.75) is 13.5 Å². The fourth-order valence-electron chi connectivity index (χ4n) is 2.38. The van der Waals surface area contributed by atoms with Crippen molar-refractivity contribution in [2.24, 2.45) is 0 Å². The van der Waals surface area contributed by atoms with Crippen LogP contribution in [0.25, 0.3) is 0 Å². The number of rotatable bonds is 5. The maximum Gasteiger partial charge on any atom is 0.332 e. The predicted octanol–water partition coefficient (Wildman–Crippen LogP) is 2.65. The molecule has 2 aromatic rings. The van der Waals surface area contributed by atoms with Crippen LogP contribution in [0, 0.1) is 0 Å². The minimum Gasteiger partial charge on any atom is -0.494 e. The third-order valence-electron chi connectivity index (χ3n) is 3.37. The van der Waals surface area contributed by atoms with Crippen LogP contribution in [0.3, 0.4) is 0 Å². The topological polar surface area (TPSA) is 63.0 Å². The lowest BCUT2D eigenvalue weighted by Crippen LogP contribution is -2.32. The summed E-state index contributed by atoms with van der Waals surface area (Å²) < 4.78 is 10.6. The second kappa shape index (κ2) is 5.93. The normalized spacial score (nSPS) is 14.8. The molecular formula is C16H16N2O4. The Labute approximate surface area is 127 Å². The highest BCUT2D eigenvalue weighted by Gasteiger charge is 2.37. The Hall–Kier alpha value is -2.76. The molecule has 2 heterocycles. The molecule has 22 heavy (non-hydrogen) atoms. The summed E-state index contributed by atoms with van der Waals surface area (Å²) in [5, 5.41) is 0. The summed E-state index contributed by atoms with van der Waals surface area (Å²) in [5.41, 5.74) is 0.542. The lowest BCUT2D eigenvalue weighted by molar-refractivity contribution is -0.116. The molecule has 0 bridgehead atoms. The molecule has 6 heteroatoms. The first-order valence-corrected chi connectivity index (χ1v) is 7.06. The third-order valence-corrected chi connectivity index (χ3v) is 3.37. The molecule has 6 nitrogen and oxygen atoms in total. The van der Waals surface area contributed by atoms with Crippen LogP contribution in [0.2, 0.25) is 0 Å². The van der Waals surface area contributed by atoms with Gasteiger partial charge >= 0.3 is 6.03 Å². The van der Waals surface area contributed by atoms with Crippen LogP contribution >= 0.6 is 0 Å². The maximum absolute atomic E-state index is 12.4. The standard InChI is InChI=1S/C16H16N2O4/c1-2-21-13-7-5-12(6-8-13)18-15(19)11-17(16(18)20)10-14-4-3-9-22-14/h3-9H,2,10-11H2,1H3. The van der Waals surface area contributed by atoms with Crippen LogP contribution in [0.5, 0.6) is 5.75 Å². The lowest BCUT2D eigenvalue weighted by atomic mass is 10.3. The van der Waals surface area contributed by atoms with E-state index < -0.39 is 0 Å². The van der Waals surface area contributed by atoms with E-state index in [2.05, 4.69) is 0 Å². The maximum atomic E-state index is 12.4. The molecule has 0 N–H and O–H groups in total. The van der Waals surface area contributed by atoms with E-state index >= 15 is 0 Å². The van der Waals surface area contributed by atoms with Crippen molar-refractivity contribution in [1.29, 1.82) is 0 Å². The van der Waals surface area contributed by atoms with Crippen molar-refractivity contribution in [3.05, 3.63) is 48.4 Å². The zero-order chi connectivity index (χ0) is 15.5. The van der Waals surface area contributed by atoms with Gasteiger partial charge in [-0.25, -0.2) is 9.69 Å². The van der Waals surface area contributed by atoms with Gasteiger partial charge in [0.2, 0.25) is 0 Å². The Kier molecular flexibility index (Phi) is 3.82. The fraction of sp³-hybridized carbons (Fsp3) is 0.250. The lowest BCUT2D eigenvalue weighted by Gasteiger charge is -2.16. The molecule has 3 rings (SSSR count). The van der Waals surface area contributed by atoms with Crippen molar-refractivity contribution < 1.29 is 18.7 Å². The van der Waals surface area contributed by atoms with Gasteiger partial charge in [-0.3, -0.25) is 4.79 Å². The molecule has 1 aliphatic rings. The number of benzene rings is 1.